The van der Waals surface area contributed by atoms with E-state index in [0.29, 0.717) is 0 Å². The lowest BCUT2D eigenvalue weighted by molar-refractivity contribution is 0.00578. The molecule has 27 heavy (non-hydrogen) atoms. The van der Waals surface area contributed by atoms with E-state index in [1.165, 1.54) is 51.9 Å². The summed E-state index contributed by atoms with van der Waals surface area (Å²) in [4.78, 5) is 9.86. The largest absolute Gasteiger partial charge is 0.494 e. The van der Waals surface area contributed by atoms with Crippen LogP contribution in [0.3, 0.4) is 0 Å². The van der Waals surface area contributed by atoms with Crippen molar-refractivity contribution in [2.24, 2.45) is 0 Å². The van der Waals surface area contributed by atoms with Gasteiger partial charge in [-0.1, -0.05) is 0 Å². The molecule has 4 heterocycles. The Morgan fingerprint density at radius 1 is 1.04 bits per heavy atom. The van der Waals surface area contributed by atoms with Crippen molar-refractivity contribution >= 4 is 12.6 Å². The minimum absolute atomic E-state index is 0.307. The molecule has 5 nitrogen and oxygen atoms in total. The number of rotatable bonds is 4. The Balaban J connectivity index is 1.35. The highest BCUT2D eigenvalue weighted by Crippen LogP contribution is 2.36. The van der Waals surface area contributed by atoms with Crippen LogP contribution in [0.15, 0.2) is 18.3 Å². The third-order valence-electron chi connectivity index (χ3n) is 6.97. The minimum atomic E-state index is -0.308. The lowest BCUT2D eigenvalue weighted by Crippen LogP contribution is -2.43. The summed E-state index contributed by atoms with van der Waals surface area (Å²) < 4.78 is 12.4. The molecular formula is C21H34BN3O2. The molecule has 0 bridgehead atoms. The van der Waals surface area contributed by atoms with Crippen LogP contribution in [0.25, 0.3) is 0 Å². The molecule has 1 aromatic rings. The molecule has 1 aromatic heterocycles. The Kier molecular flexibility index (Phi) is 5.36. The van der Waals surface area contributed by atoms with Crippen molar-refractivity contribution in [2.45, 2.75) is 77.2 Å². The maximum absolute atomic E-state index is 6.20. The standard InChI is InChI=1S/C21H34BN3O2/c1-20(2)21(3,4)27-22(26-20)17-7-10-23-18(15-17)16-24-13-8-19(9-14-24)25-11-5-6-12-25/h7,10,15,19H,5-6,8-9,11-14,16H2,1-4H3. The maximum Gasteiger partial charge on any atom is 0.494 e. The first kappa shape index (κ1) is 19.4. The molecule has 0 spiro atoms. The number of nitrogens with zero attached hydrogens (tertiary/aromatic N) is 3. The molecule has 0 unspecified atom stereocenters. The van der Waals surface area contributed by atoms with Crippen molar-refractivity contribution < 1.29 is 9.31 Å². The molecule has 0 atom stereocenters. The summed E-state index contributed by atoms with van der Waals surface area (Å²) in [7, 11) is -0.308. The Labute approximate surface area is 164 Å². The highest BCUT2D eigenvalue weighted by molar-refractivity contribution is 6.62. The second-order valence-corrected chi connectivity index (χ2v) is 9.42. The van der Waals surface area contributed by atoms with E-state index < -0.39 is 0 Å². The third-order valence-corrected chi connectivity index (χ3v) is 6.97. The van der Waals surface area contributed by atoms with Crippen LogP contribution in [-0.2, 0) is 15.9 Å². The van der Waals surface area contributed by atoms with Crippen LogP contribution in [0.2, 0.25) is 0 Å². The van der Waals surface area contributed by atoms with E-state index in [-0.39, 0.29) is 18.3 Å². The second kappa shape index (κ2) is 7.47. The summed E-state index contributed by atoms with van der Waals surface area (Å²) in [6.07, 6.45) is 7.24. The average molecular weight is 371 g/mol. The van der Waals surface area contributed by atoms with Crippen LogP contribution in [0, 0.1) is 0 Å². The van der Waals surface area contributed by atoms with Crippen molar-refractivity contribution in [3.8, 4) is 0 Å². The molecule has 0 N–H and O–H groups in total. The molecule has 3 fully saturated rings. The van der Waals surface area contributed by atoms with Crippen molar-refractivity contribution in [2.75, 3.05) is 26.2 Å². The molecule has 3 saturated heterocycles. The van der Waals surface area contributed by atoms with E-state index in [9.17, 15) is 0 Å². The van der Waals surface area contributed by atoms with Gasteiger partial charge in [0.25, 0.3) is 0 Å². The van der Waals surface area contributed by atoms with Gasteiger partial charge in [-0.2, -0.15) is 0 Å². The summed E-state index contributed by atoms with van der Waals surface area (Å²) in [5.41, 5.74) is 1.57. The molecule has 148 valence electrons. The van der Waals surface area contributed by atoms with Crippen LogP contribution in [0.4, 0.5) is 0 Å². The van der Waals surface area contributed by atoms with Crippen LogP contribution < -0.4 is 5.46 Å². The summed E-state index contributed by atoms with van der Waals surface area (Å²) in [5.74, 6) is 0. The maximum atomic E-state index is 6.20. The fourth-order valence-electron chi connectivity index (χ4n) is 4.49. The minimum Gasteiger partial charge on any atom is -0.399 e. The highest BCUT2D eigenvalue weighted by Gasteiger charge is 2.51. The first-order chi connectivity index (χ1) is 12.8. The van der Waals surface area contributed by atoms with Gasteiger partial charge in [0.05, 0.1) is 16.9 Å². The molecule has 0 saturated carbocycles. The lowest BCUT2D eigenvalue weighted by atomic mass is 9.79. The van der Waals surface area contributed by atoms with Gasteiger partial charge in [0, 0.05) is 31.9 Å². The zero-order valence-electron chi connectivity index (χ0n) is 17.4. The molecule has 6 heteroatoms. The number of hydrogen-bond donors (Lipinski definition) is 0. The third kappa shape index (κ3) is 4.09. The number of likely N-dealkylation sites (tertiary alicyclic amines) is 2. The Morgan fingerprint density at radius 2 is 1.67 bits per heavy atom. The predicted molar refractivity (Wildman–Crippen MR) is 109 cm³/mol. The second-order valence-electron chi connectivity index (χ2n) is 9.42. The SMILES string of the molecule is CC1(C)OB(c2ccnc(CN3CCC(N4CCCC4)CC3)c2)OC1(C)C. The molecule has 0 aliphatic carbocycles. The van der Waals surface area contributed by atoms with Gasteiger partial charge < -0.3 is 14.2 Å². The van der Waals surface area contributed by atoms with Crippen molar-refractivity contribution in [3.63, 3.8) is 0 Å². The molecule has 3 aliphatic heterocycles. The van der Waals surface area contributed by atoms with E-state index in [2.05, 4.69) is 48.5 Å². The van der Waals surface area contributed by atoms with E-state index >= 15 is 0 Å². The fraction of sp³-hybridized carbons (Fsp3) is 0.762. The van der Waals surface area contributed by atoms with Gasteiger partial charge in [-0.3, -0.25) is 9.88 Å². The monoisotopic (exact) mass is 371 g/mol. The highest BCUT2D eigenvalue weighted by atomic mass is 16.7. The first-order valence-electron chi connectivity index (χ1n) is 10.6. The average Bonchev–Trinajstić information content (AvgIpc) is 3.23. The number of pyridine rings is 1. The molecule has 0 radical (unpaired) electrons. The number of aromatic nitrogens is 1. The van der Waals surface area contributed by atoms with Crippen molar-refractivity contribution in [3.05, 3.63) is 24.0 Å². The van der Waals surface area contributed by atoms with E-state index in [0.717, 1.165) is 23.7 Å². The Bertz CT molecular complexity index is 637. The van der Waals surface area contributed by atoms with Gasteiger partial charge in [0.15, 0.2) is 0 Å². The Hall–Kier alpha value is -0.945. The zero-order valence-corrected chi connectivity index (χ0v) is 17.4. The van der Waals surface area contributed by atoms with Gasteiger partial charge in [0.2, 0.25) is 0 Å². The van der Waals surface area contributed by atoms with Crippen LogP contribution >= 0.6 is 0 Å². The van der Waals surface area contributed by atoms with Gasteiger partial charge >= 0.3 is 7.12 Å². The van der Waals surface area contributed by atoms with Gasteiger partial charge in [-0.15, -0.1) is 0 Å². The molecule has 0 amide bonds. The van der Waals surface area contributed by atoms with Crippen molar-refractivity contribution in [1.82, 2.24) is 14.8 Å². The quantitative estimate of drug-likeness (QED) is 0.760. The van der Waals surface area contributed by atoms with E-state index in [1.807, 2.05) is 12.3 Å². The van der Waals surface area contributed by atoms with E-state index in [4.69, 9.17) is 9.31 Å². The number of piperidine rings is 1. The predicted octanol–water partition coefficient (Wildman–Crippen LogP) is 2.44. The lowest BCUT2D eigenvalue weighted by Gasteiger charge is -2.36. The summed E-state index contributed by atoms with van der Waals surface area (Å²) >= 11 is 0. The van der Waals surface area contributed by atoms with Crippen molar-refractivity contribution in [1.29, 1.82) is 0 Å². The van der Waals surface area contributed by atoms with Gasteiger partial charge in [-0.05, 0) is 84.1 Å². The van der Waals surface area contributed by atoms with Crippen LogP contribution in [0.1, 0.15) is 59.1 Å². The molecule has 3 aliphatic rings. The van der Waals surface area contributed by atoms with Gasteiger partial charge in [-0.25, -0.2) is 0 Å². The Morgan fingerprint density at radius 3 is 2.30 bits per heavy atom. The molecule has 4 rings (SSSR count). The first-order valence-corrected chi connectivity index (χ1v) is 10.6. The summed E-state index contributed by atoms with van der Waals surface area (Å²) in [6, 6.07) is 4.98. The number of hydrogen-bond acceptors (Lipinski definition) is 5. The normalized spacial score (nSPS) is 26.7. The van der Waals surface area contributed by atoms with Gasteiger partial charge in [0.1, 0.15) is 0 Å². The zero-order chi connectivity index (χ0) is 19.1. The van der Waals surface area contributed by atoms with E-state index in [1.54, 1.807) is 0 Å². The topological polar surface area (TPSA) is 37.8 Å². The van der Waals surface area contributed by atoms with Crippen LogP contribution in [-0.4, -0.2) is 65.3 Å². The fourth-order valence-corrected chi connectivity index (χ4v) is 4.49. The van der Waals surface area contributed by atoms with Crippen LogP contribution in [0.5, 0.6) is 0 Å². The summed E-state index contributed by atoms with van der Waals surface area (Å²) in [5, 5.41) is 0. The summed E-state index contributed by atoms with van der Waals surface area (Å²) in [6.45, 7) is 14.3. The molecule has 0 aromatic carbocycles. The smallest absolute Gasteiger partial charge is 0.399 e. The molecular weight excluding hydrogens is 337 g/mol.